The van der Waals surface area contributed by atoms with E-state index in [0.29, 0.717) is 12.3 Å². The SMILES string of the molecule is COC(=O)CCCN(C)c1cccc(C(C)C)c1. The Morgan fingerprint density at radius 1 is 1.39 bits per heavy atom. The Labute approximate surface area is 110 Å². The lowest BCUT2D eigenvalue weighted by Gasteiger charge is -2.20. The first kappa shape index (κ1) is 14.6. The number of carbonyl (C=O) groups is 1. The smallest absolute Gasteiger partial charge is 0.305 e. The van der Waals surface area contributed by atoms with Crippen molar-refractivity contribution in [2.45, 2.75) is 32.6 Å². The van der Waals surface area contributed by atoms with Gasteiger partial charge in [0, 0.05) is 25.7 Å². The van der Waals surface area contributed by atoms with E-state index < -0.39 is 0 Å². The van der Waals surface area contributed by atoms with Gasteiger partial charge in [-0.2, -0.15) is 0 Å². The molecule has 1 rings (SSSR count). The molecular formula is C15H23NO2. The second-order valence-electron chi connectivity index (χ2n) is 4.85. The van der Waals surface area contributed by atoms with E-state index in [9.17, 15) is 4.79 Å². The largest absolute Gasteiger partial charge is 0.469 e. The molecule has 0 aliphatic rings. The highest BCUT2D eigenvalue weighted by Gasteiger charge is 2.06. The summed E-state index contributed by atoms with van der Waals surface area (Å²) >= 11 is 0. The molecule has 0 saturated carbocycles. The van der Waals surface area contributed by atoms with Crippen molar-refractivity contribution < 1.29 is 9.53 Å². The molecule has 3 nitrogen and oxygen atoms in total. The maximum Gasteiger partial charge on any atom is 0.305 e. The lowest BCUT2D eigenvalue weighted by Crippen LogP contribution is -2.19. The normalized spacial score (nSPS) is 10.5. The number of hydrogen-bond donors (Lipinski definition) is 0. The number of esters is 1. The second kappa shape index (κ2) is 7.04. The Morgan fingerprint density at radius 2 is 2.11 bits per heavy atom. The molecule has 0 amide bonds. The highest BCUT2D eigenvalue weighted by atomic mass is 16.5. The zero-order valence-corrected chi connectivity index (χ0v) is 11.8. The fourth-order valence-electron chi connectivity index (χ4n) is 1.81. The summed E-state index contributed by atoms with van der Waals surface area (Å²) < 4.78 is 4.63. The summed E-state index contributed by atoms with van der Waals surface area (Å²) in [4.78, 5) is 13.2. The van der Waals surface area contributed by atoms with Crippen molar-refractivity contribution in [3.05, 3.63) is 29.8 Å². The van der Waals surface area contributed by atoms with Crippen LogP contribution in [0.2, 0.25) is 0 Å². The van der Waals surface area contributed by atoms with Crippen LogP contribution >= 0.6 is 0 Å². The van der Waals surface area contributed by atoms with Gasteiger partial charge < -0.3 is 9.64 Å². The van der Waals surface area contributed by atoms with Crippen molar-refractivity contribution in [2.24, 2.45) is 0 Å². The van der Waals surface area contributed by atoms with E-state index >= 15 is 0 Å². The van der Waals surface area contributed by atoms with Crippen LogP contribution in [0.5, 0.6) is 0 Å². The molecule has 1 aromatic carbocycles. The molecule has 0 aliphatic heterocycles. The zero-order valence-electron chi connectivity index (χ0n) is 11.8. The maximum atomic E-state index is 11.0. The highest BCUT2D eigenvalue weighted by molar-refractivity contribution is 5.69. The van der Waals surface area contributed by atoms with E-state index in [1.54, 1.807) is 0 Å². The fourth-order valence-corrected chi connectivity index (χ4v) is 1.81. The Hall–Kier alpha value is -1.51. The first-order valence-corrected chi connectivity index (χ1v) is 6.42. The maximum absolute atomic E-state index is 11.0. The Kier molecular flexibility index (Phi) is 5.69. The number of carbonyl (C=O) groups excluding carboxylic acids is 1. The Morgan fingerprint density at radius 3 is 2.72 bits per heavy atom. The molecule has 0 bridgehead atoms. The van der Waals surface area contributed by atoms with E-state index in [4.69, 9.17) is 0 Å². The molecule has 0 heterocycles. The van der Waals surface area contributed by atoms with Gasteiger partial charge in [0.25, 0.3) is 0 Å². The lowest BCUT2D eigenvalue weighted by molar-refractivity contribution is -0.140. The summed E-state index contributed by atoms with van der Waals surface area (Å²) in [6.45, 7) is 5.24. The minimum atomic E-state index is -0.140. The average molecular weight is 249 g/mol. The van der Waals surface area contributed by atoms with Crippen molar-refractivity contribution in [3.63, 3.8) is 0 Å². The zero-order chi connectivity index (χ0) is 13.5. The van der Waals surface area contributed by atoms with Crippen LogP contribution in [0.15, 0.2) is 24.3 Å². The number of benzene rings is 1. The third-order valence-corrected chi connectivity index (χ3v) is 3.08. The number of hydrogen-bond acceptors (Lipinski definition) is 3. The minimum Gasteiger partial charge on any atom is -0.469 e. The molecule has 18 heavy (non-hydrogen) atoms. The highest BCUT2D eigenvalue weighted by Crippen LogP contribution is 2.21. The van der Waals surface area contributed by atoms with Crippen LogP contribution < -0.4 is 4.90 Å². The van der Waals surface area contributed by atoms with Gasteiger partial charge in [0.15, 0.2) is 0 Å². The van der Waals surface area contributed by atoms with Gasteiger partial charge in [-0.05, 0) is 30.0 Å². The molecule has 0 unspecified atom stereocenters. The molecule has 0 fully saturated rings. The summed E-state index contributed by atoms with van der Waals surface area (Å²) in [5, 5.41) is 0. The summed E-state index contributed by atoms with van der Waals surface area (Å²) in [6, 6.07) is 8.55. The molecule has 0 radical (unpaired) electrons. The van der Waals surface area contributed by atoms with Crippen LogP contribution in [-0.4, -0.2) is 26.7 Å². The van der Waals surface area contributed by atoms with Crippen LogP contribution in [0.25, 0.3) is 0 Å². The van der Waals surface area contributed by atoms with Crippen molar-refractivity contribution in [1.29, 1.82) is 0 Å². The predicted molar refractivity (Wildman–Crippen MR) is 75.1 cm³/mol. The molecule has 0 saturated heterocycles. The number of ether oxygens (including phenoxy) is 1. The average Bonchev–Trinajstić information content (AvgIpc) is 2.38. The van der Waals surface area contributed by atoms with Crippen LogP contribution in [0, 0.1) is 0 Å². The Balaban J connectivity index is 2.53. The van der Waals surface area contributed by atoms with Gasteiger partial charge in [0.1, 0.15) is 0 Å². The molecular weight excluding hydrogens is 226 g/mol. The summed E-state index contributed by atoms with van der Waals surface area (Å²) in [5.41, 5.74) is 2.54. The number of methoxy groups -OCH3 is 1. The van der Waals surface area contributed by atoms with Gasteiger partial charge in [0.2, 0.25) is 0 Å². The predicted octanol–water partition coefficient (Wildman–Crippen LogP) is 3.20. The molecule has 0 N–H and O–H groups in total. The number of rotatable bonds is 6. The van der Waals surface area contributed by atoms with Gasteiger partial charge in [0.05, 0.1) is 7.11 Å². The summed E-state index contributed by atoms with van der Waals surface area (Å²) in [5.74, 6) is 0.396. The van der Waals surface area contributed by atoms with Crippen molar-refractivity contribution in [1.82, 2.24) is 0 Å². The van der Waals surface area contributed by atoms with Gasteiger partial charge in [-0.15, -0.1) is 0 Å². The monoisotopic (exact) mass is 249 g/mol. The van der Waals surface area contributed by atoms with Crippen LogP contribution in [-0.2, 0) is 9.53 Å². The van der Waals surface area contributed by atoms with E-state index in [0.717, 1.165) is 13.0 Å². The molecule has 0 aromatic heterocycles. The van der Waals surface area contributed by atoms with E-state index in [1.165, 1.54) is 18.4 Å². The van der Waals surface area contributed by atoms with Crippen molar-refractivity contribution in [3.8, 4) is 0 Å². The lowest BCUT2D eigenvalue weighted by atomic mass is 10.0. The fraction of sp³-hybridized carbons (Fsp3) is 0.533. The third kappa shape index (κ3) is 4.40. The van der Waals surface area contributed by atoms with Crippen molar-refractivity contribution in [2.75, 3.05) is 25.6 Å². The first-order valence-electron chi connectivity index (χ1n) is 6.42. The number of anilines is 1. The van der Waals surface area contributed by atoms with Gasteiger partial charge >= 0.3 is 5.97 Å². The first-order chi connectivity index (χ1) is 8.54. The molecule has 0 atom stereocenters. The van der Waals surface area contributed by atoms with Crippen LogP contribution in [0.4, 0.5) is 5.69 Å². The van der Waals surface area contributed by atoms with Gasteiger partial charge in [-0.25, -0.2) is 0 Å². The van der Waals surface area contributed by atoms with Crippen molar-refractivity contribution >= 4 is 11.7 Å². The summed E-state index contributed by atoms with van der Waals surface area (Å²) in [6.07, 6.45) is 1.29. The molecule has 3 heteroatoms. The number of nitrogens with zero attached hydrogens (tertiary/aromatic N) is 1. The molecule has 1 aromatic rings. The minimum absolute atomic E-state index is 0.140. The van der Waals surface area contributed by atoms with E-state index in [2.05, 4.69) is 54.8 Å². The van der Waals surface area contributed by atoms with Crippen LogP contribution in [0.1, 0.15) is 38.2 Å². The topological polar surface area (TPSA) is 29.5 Å². The molecule has 0 spiro atoms. The van der Waals surface area contributed by atoms with E-state index in [1.807, 2.05) is 0 Å². The van der Waals surface area contributed by atoms with Crippen LogP contribution in [0.3, 0.4) is 0 Å². The van der Waals surface area contributed by atoms with Gasteiger partial charge in [-0.3, -0.25) is 4.79 Å². The van der Waals surface area contributed by atoms with Gasteiger partial charge in [-0.1, -0.05) is 26.0 Å². The molecule has 100 valence electrons. The Bertz CT molecular complexity index is 388. The third-order valence-electron chi connectivity index (χ3n) is 3.08. The molecule has 0 aliphatic carbocycles. The standard InChI is InChI=1S/C15H23NO2/c1-12(2)13-7-5-8-14(11-13)16(3)10-6-9-15(17)18-4/h5,7-8,11-12H,6,9-10H2,1-4H3. The van der Waals surface area contributed by atoms with E-state index in [-0.39, 0.29) is 5.97 Å². The quantitative estimate of drug-likeness (QED) is 0.725. The second-order valence-corrected chi connectivity index (χ2v) is 4.85. The summed E-state index contributed by atoms with van der Waals surface area (Å²) in [7, 11) is 3.48.